The number of carboxylic acid groups (broad SMARTS) is 1. The topological polar surface area (TPSA) is 92.4 Å². The number of carboxylic acids is 1. The van der Waals surface area contributed by atoms with Crippen LogP contribution in [0.25, 0.3) is 0 Å². The number of aromatic carboxylic acids is 1. The van der Waals surface area contributed by atoms with Gasteiger partial charge in [-0.25, -0.2) is 4.79 Å². The molecule has 1 aromatic carbocycles. The quantitative estimate of drug-likeness (QED) is 0.786. The van der Waals surface area contributed by atoms with E-state index in [0.29, 0.717) is 10.2 Å². The van der Waals surface area contributed by atoms with E-state index in [2.05, 4.69) is 21.2 Å². The maximum absolute atomic E-state index is 12.0. The zero-order valence-corrected chi connectivity index (χ0v) is 12.6. The molecule has 1 aromatic heterocycles. The van der Waals surface area contributed by atoms with Crippen molar-refractivity contribution in [1.29, 1.82) is 0 Å². The van der Waals surface area contributed by atoms with E-state index in [1.165, 1.54) is 17.4 Å². The number of benzene rings is 1. The minimum atomic E-state index is -1.07. The van der Waals surface area contributed by atoms with Crippen LogP contribution in [0.5, 0.6) is 0 Å². The van der Waals surface area contributed by atoms with Crippen molar-refractivity contribution in [3.63, 3.8) is 0 Å². The highest BCUT2D eigenvalue weighted by molar-refractivity contribution is 9.10. The fraction of sp³-hybridized carbons (Fsp3) is 0.0769. The average Bonchev–Trinajstić information content (AvgIpc) is 2.93. The van der Waals surface area contributed by atoms with Gasteiger partial charge in [0.2, 0.25) is 5.91 Å². The van der Waals surface area contributed by atoms with Crippen LogP contribution in [0.1, 0.15) is 21.3 Å². The van der Waals surface area contributed by atoms with Gasteiger partial charge < -0.3 is 16.2 Å². The molecule has 2 rings (SSSR count). The molecule has 0 saturated carbocycles. The number of rotatable bonds is 4. The molecule has 0 fully saturated rings. The molecule has 0 spiro atoms. The Bertz CT molecular complexity index is 643. The first-order valence-electron chi connectivity index (χ1n) is 5.61. The van der Waals surface area contributed by atoms with Crippen LogP contribution < -0.4 is 11.1 Å². The molecule has 0 saturated heterocycles. The van der Waals surface area contributed by atoms with Crippen LogP contribution in [-0.2, 0) is 4.79 Å². The van der Waals surface area contributed by atoms with E-state index in [0.717, 1.165) is 4.88 Å². The maximum Gasteiger partial charge on any atom is 0.336 e. The lowest BCUT2D eigenvalue weighted by molar-refractivity contribution is -0.117. The van der Waals surface area contributed by atoms with Gasteiger partial charge >= 0.3 is 5.97 Å². The number of hydrogen-bond acceptors (Lipinski definition) is 4. The van der Waals surface area contributed by atoms with Crippen molar-refractivity contribution >= 4 is 44.8 Å². The first kappa shape index (κ1) is 14.7. The van der Waals surface area contributed by atoms with E-state index < -0.39 is 12.0 Å². The fourth-order valence-electron chi connectivity index (χ4n) is 1.58. The van der Waals surface area contributed by atoms with Gasteiger partial charge in [-0.3, -0.25) is 4.79 Å². The Morgan fingerprint density at radius 1 is 1.35 bits per heavy atom. The van der Waals surface area contributed by atoms with E-state index in [1.807, 2.05) is 11.4 Å². The molecule has 1 amide bonds. The van der Waals surface area contributed by atoms with Gasteiger partial charge in [0.1, 0.15) is 6.04 Å². The third kappa shape index (κ3) is 3.24. The summed E-state index contributed by atoms with van der Waals surface area (Å²) in [7, 11) is 0. The highest BCUT2D eigenvalue weighted by Crippen LogP contribution is 2.23. The fourth-order valence-corrected chi connectivity index (χ4v) is 2.73. The second kappa shape index (κ2) is 6.17. The van der Waals surface area contributed by atoms with Gasteiger partial charge in [0.25, 0.3) is 0 Å². The molecular weight excluding hydrogens is 344 g/mol. The van der Waals surface area contributed by atoms with Crippen molar-refractivity contribution in [2.24, 2.45) is 5.73 Å². The van der Waals surface area contributed by atoms with Crippen molar-refractivity contribution in [2.75, 3.05) is 5.32 Å². The summed E-state index contributed by atoms with van der Waals surface area (Å²) < 4.78 is 0.450. The van der Waals surface area contributed by atoms with E-state index in [-0.39, 0.29) is 11.5 Å². The maximum atomic E-state index is 12.0. The van der Waals surface area contributed by atoms with Gasteiger partial charge in [0, 0.05) is 15.0 Å². The van der Waals surface area contributed by atoms with Crippen LogP contribution in [0.3, 0.4) is 0 Å². The Morgan fingerprint density at radius 3 is 2.70 bits per heavy atom. The summed E-state index contributed by atoms with van der Waals surface area (Å²) in [6, 6.07) is 7.37. The summed E-state index contributed by atoms with van der Waals surface area (Å²) >= 11 is 4.53. The zero-order valence-electron chi connectivity index (χ0n) is 10.2. The first-order valence-corrected chi connectivity index (χ1v) is 7.29. The molecular formula is C13H11BrN2O3S. The van der Waals surface area contributed by atoms with Crippen LogP contribution >= 0.6 is 27.3 Å². The van der Waals surface area contributed by atoms with Gasteiger partial charge in [-0.05, 0) is 45.6 Å². The number of amides is 1. The molecule has 1 unspecified atom stereocenters. The number of halogens is 1. The van der Waals surface area contributed by atoms with E-state index in [4.69, 9.17) is 10.8 Å². The van der Waals surface area contributed by atoms with E-state index in [9.17, 15) is 9.59 Å². The number of nitrogens with two attached hydrogens (primary N) is 1. The van der Waals surface area contributed by atoms with Crippen LogP contribution in [-0.4, -0.2) is 17.0 Å². The van der Waals surface area contributed by atoms with Crippen molar-refractivity contribution < 1.29 is 14.7 Å². The Kier molecular flexibility index (Phi) is 4.53. The summed E-state index contributed by atoms with van der Waals surface area (Å²) in [5.74, 6) is -1.46. The second-order valence-electron chi connectivity index (χ2n) is 3.98. The molecule has 2 aromatic rings. The molecule has 7 heteroatoms. The lowest BCUT2D eigenvalue weighted by Gasteiger charge is -2.11. The van der Waals surface area contributed by atoms with E-state index >= 15 is 0 Å². The molecule has 1 heterocycles. The summed E-state index contributed by atoms with van der Waals surface area (Å²) in [5, 5.41) is 13.5. The summed E-state index contributed by atoms with van der Waals surface area (Å²) in [6.45, 7) is 0. The van der Waals surface area contributed by atoms with Crippen molar-refractivity contribution in [3.05, 3.63) is 50.6 Å². The monoisotopic (exact) mass is 354 g/mol. The summed E-state index contributed by atoms with van der Waals surface area (Å²) in [6.07, 6.45) is 0. The number of carbonyl (C=O) groups is 2. The Hall–Kier alpha value is -1.70. The predicted molar refractivity (Wildman–Crippen MR) is 81.0 cm³/mol. The number of thiophene rings is 1. The Labute approximate surface area is 127 Å². The highest BCUT2D eigenvalue weighted by Gasteiger charge is 2.17. The predicted octanol–water partition coefficient (Wildman–Crippen LogP) is 2.85. The molecule has 0 bridgehead atoms. The first-order chi connectivity index (χ1) is 9.49. The minimum absolute atomic E-state index is 0.0764. The number of nitrogens with one attached hydrogen (secondary N) is 1. The standard InChI is InChI=1S/C13H11BrN2O3S/c14-9-4-3-7(6-8(9)13(18)19)16-12(17)11(15)10-2-1-5-20-10/h1-6,11H,15H2,(H,16,17)(H,18,19). The van der Waals surface area contributed by atoms with Crippen LogP contribution in [0.4, 0.5) is 5.69 Å². The Morgan fingerprint density at radius 2 is 2.10 bits per heavy atom. The number of carbonyl (C=O) groups excluding carboxylic acids is 1. The van der Waals surface area contributed by atoms with Crippen LogP contribution in [0.15, 0.2) is 40.2 Å². The van der Waals surface area contributed by atoms with Crippen LogP contribution in [0.2, 0.25) is 0 Å². The summed E-state index contributed by atoms with van der Waals surface area (Å²) in [5.41, 5.74) is 6.30. The molecule has 0 aliphatic heterocycles. The smallest absolute Gasteiger partial charge is 0.336 e. The molecule has 1 atom stereocenters. The summed E-state index contributed by atoms with van der Waals surface area (Å²) in [4.78, 5) is 23.8. The third-order valence-corrected chi connectivity index (χ3v) is 4.24. The van der Waals surface area contributed by atoms with Crippen molar-refractivity contribution in [3.8, 4) is 0 Å². The number of hydrogen-bond donors (Lipinski definition) is 3. The van der Waals surface area contributed by atoms with Crippen molar-refractivity contribution in [2.45, 2.75) is 6.04 Å². The molecule has 0 aliphatic rings. The van der Waals surface area contributed by atoms with Gasteiger partial charge in [0.05, 0.1) is 5.56 Å². The zero-order chi connectivity index (χ0) is 14.7. The second-order valence-corrected chi connectivity index (χ2v) is 5.82. The van der Waals surface area contributed by atoms with Gasteiger partial charge in [-0.1, -0.05) is 6.07 Å². The average molecular weight is 355 g/mol. The van der Waals surface area contributed by atoms with E-state index in [1.54, 1.807) is 18.2 Å². The SMILES string of the molecule is NC(C(=O)Nc1ccc(Br)c(C(=O)O)c1)c1cccs1. The van der Waals surface area contributed by atoms with Gasteiger partial charge in [-0.2, -0.15) is 0 Å². The molecule has 0 aliphatic carbocycles. The van der Waals surface area contributed by atoms with Crippen LogP contribution in [0, 0.1) is 0 Å². The minimum Gasteiger partial charge on any atom is -0.478 e. The highest BCUT2D eigenvalue weighted by atomic mass is 79.9. The molecule has 104 valence electrons. The molecule has 4 N–H and O–H groups in total. The molecule has 20 heavy (non-hydrogen) atoms. The number of anilines is 1. The Balaban J connectivity index is 2.16. The van der Waals surface area contributed by atoms with Crippen molar-refractivity contribution in [1.82, 2.24) is 0 Å². The lowest BCUT2D eigenvalue weighted by atomic mass is 10.2. The largest absolute Gasteiger partial charge is 0.478 e. The third-order valence-electron chi connectivity index (χ3n) is 2.60. The molecule has 0 radical (unpaired) electrons. The van der Waals surface area contributed by atoms with Gasteiger partial charge in [-0.15, -0.1) is 11.3 Å². The normalized spacial score (nSPS) is 11.9. The lowest BCUT2D eigenvalue weighted by Crippen LogP contribution is -2.27. The molecule has 5 nitrogen and oxygen atoms in total. The van der Waals surface area contributed by atoms with Gasteiger partial charge in [0.15, 0.2) is 0 Å².